The number of carbonyl (C=O) groups excluding carboxylic acids is 1. The van der Waals surface area contributed by atoms with Gasteiger partial charge in [0.1, 0.15) is 5.82 Å². The van der Waals surface area contributed by atoms with Crippen LogP contribution < -0.4 is 5.32 Å². The third-order valence-electron chi connectivity index (χ3n) is 4.18. The zero-order chi connectivity index (χ0) is 17.6. The van der Waals surface area contributed by atoms with E-state index in [2.05, 4.69) is 25.7 Å². The van der Waals surface area contributed by atoms with Crippen molar-refractivity contribution >= 4 is 22.8 Å². The second-order valence-electron chi connectivity index (χ2n) is 5.86. The van der Waals surface area contributed by atoms with Crippen molar-refractivity contribution in [2.24, 2.45) is 14.1 Å². The minimum Gasteiger partial charge on any atom is -0.306 e. The van der Waals surface area contributed by atoms with Gasteiger partial charge in [-0.3, -0.25) is 14.6 Å². The maximum absolute atomic E-state index is 12.8. The number of nitrogens with zero attached hydrogens (tertiary/aromatic N) is 5. The van der Waals surface area contributed by atoms with E-state index in [1.807, 2.05) is 51.4 Å². The number of hydrogen-bond donors (Lipinski definition) is 2. The molecule has 0 unspecified atom stereocenters. The molecule has 8 heteroatoms. The summed E-state index contributed by atoms with van der Waals surface area (Å²) in [6, 6.07) is 9.70. The summed E-state index contributed by atoms with van der Waals surface area (Å²) in [5.74, 6) is 0.286. The monoisotopic (exact) mass is 335 g/mol. The van der Waals surface area contributed by atoms with Gasteiger partial charge >= 0.3 is 0 Å². The van der Waals surface area contributed by atoms with E-state index in [4.69, 9.17) is 0 Å². The molecule has 0 spiro atoms. The molecule has 0 saturated carbocycles. The average molecular weight is 335 g/mol. The minimum absolute atomic E-state index is 0.249. The van der Waals surface area contributed by atoms with Crippen LogP contribution in [0.5, 0.6) is 0 Å². The molecule has 0 aliphatic rings. The van der Waals surface area contributed by atoms with Crippen molar-refractivity contribution in [3.05, 3.63) is 47.8 Å². The van der Waals surface area contributed by atoms with E-state index in [9.17, 15) is 4.79 Å². The van der Waals surface area contributed by atoms with Gasteiger partial charge in [-0.05, 0) is 6.92 Å². The number of anilines is 1. The SMILES string of the molecule is Cc1nn(C)c2n[nH]c(NC(=O)c3cnn(C)c3-c3ccccc3)c12. The van der Waals surface area contributed by atoms with Gasteiger partial charge < -0.3 is 5.32 Å². The Bertz CT molecular complexity index is 1070. The highest BCUT2D eigenvalue weighted by Gasteiger charge is 2.21. The van der Waals surface area contributed by atoms with Crippen LogP contribution in [0.2, 0.25) is 0 Å². The fourth-order valence-corrected chi connectivity index (χ4v) is 3.05. The number of H-pyrrole nitrogens is 1. The number of nitrogens with one attached hydrogen (secondary N) is 2. The van der Waals surface area contributed by atoms with Crippen molar-refractivity contribution in [3.63, 3.8) is 0 Å². The Balaban J connectivity index is 1.73. The first kappa shape index (κ1) is 15.1. The molecule has 4 aromatic rings. The lowest BCUT2D eigenvalue weighted by atomic mass is 10.1. The minimum atomic E-state index is -0.249. The first-order valence-electron chi connectivity index (χ1n) is 7.82. The number of rotatable bonds is 3. The number of fused-ring (bicyclic) bond motifs is 1. The summed E-state index contributed by atoms with van der Waals surface area (Å²) in [6.45, 7) is 1.88. The fourth-order valence-electron chi connectivity index (χ4n) is 3.05. The number of amides is 1. The van der Waals surface area contributed by atoms with Crippen LogP contribution in [-0.4, -0.2) is 35.7 Å². The number of aromatic nitrogens is 6. The lowest BCUT2D eigenvalue weighted by Gasteiger charge is -2.07. The van der Waals surface area contributed by atoms with E-state index in [1.54, 1.807) is 15.6 Å². The molecule has 3 aromatic heterocycles. The van der Waals surface area contributed by atoms with Gasteiger partial charge in [-0.1, -0.05) is 30.3 Å². The average Bonchev–Trinajstić information content (AvgIpc) is 3.26. The van der Waals surface area contributed by atoms with Crippen molar-refractivity contribution in [2.45, 2.75) is 6.92 Å². The first-order chi connectivity index (χ1) is 12.1. The fraction of sp³-hybridized carbons (Fsp3) is 0.176. The Kier molecular flexibility index (Phi) is 3.38. The Labute approximate surface area is 143 Å². The molecule has 0 atom stereocenters. The van der Waals surface area contributed by atoms with E-state index in [0.29, 0.717) is 17.0 Å². The lowest BCUT2D eigenvalue weighted by molar-refractivity contribution is 0.102. The van der Waals surface area contributed by atoms with E-state index < -0.39 is 0 Å². The molecular formula is C17H17N7O. The summed E-state index contributed by atoms with van der Waals surface area (Å²) in [5.41, 5.74) is 3.69. The largest absolute Gasteiger partial charge is 0.306 e. The van der Waals surface area contributed by atoms with Crippen molar-refractivity contribution in [2.75, 3.05) is 5.32 Å². The van der Waals surface area contributed by atoms with Gasteiger partial charge in [0.25, 0.3) is 5.91 Å². The quantitative estimate of drug-likeness (QED) is 0.600. The van der Waals surface area contributed by atoms with Crippen LogP contribution in [0.4, 0.5) is 5.82 Å². The van der Waals surface area contributed by atoms with Crippen LogP contribution in [0.15, 0.2) is 36.5 Å². The van der Waals surface area contributed by atoms with Gasteiger partial charge in [0.05, 0.1) is 28.5 Å². The molecule has 0 radical (unpaired) electrons. The molecule has 126 valence electrons. The molecule has 0 saturated heterocycles. The van der Waals surface area contributed by atoms with Crippen molar-refractivity contribution in [1.29, 1.82) is 0 Å². The van der Waals surface area contributed by atoms with Crippen LogP contribution in [0.25, 0.3) is 22.3 Å². The van der Waals surface area contributed by atoms with Crippen LogP contribution in [0, 0.1) is 6.92 Å². The molecular weight excluding hydrogens is 318 g/mol. The first-order valence-corrected chi connectivity index (χ1v) is 7.82. The van der Waals surface area contributed by atoms with Gasteiger partial charge in [-0.2, -0.15) is 15.3 Å². The number of aryl methyl sites for hydroxylation is 3. The normalized spacial score (nSPS) is 11.2. The third-order valence-corrected chi connectivity index (χ3v) is 4.18. The molecule has 1 amide bonds. The van der Waals surface area contributed by atoms with Gasteiger partial charge in [0.2, 0.25) is 0 Å². The highest BCUT2D eigenvalue weighted by molar-refractivity contribution is 6.10. The summed E-state index contributed by atoms with van der Waals surface area (Å²) in [4.78, 5) is 12.8. The smallest absolute Gasteiger partial charge is 0.260 e. The maximum Gasteiger partial charge on any atom is 0.260 e. The zero-order valence-corrected chi connectivity index (χ0v) is 14.1. The third kappa shape index (κ3) is 2.38. The highest BCUT2D eigenvalue weighted by atomic mass is 16.1. The van der Waals surface area contributed by atoms with E-state index in [0.717, 1.165) is 22.3 Å². The van der Waals surface area contributed by atoms with Gasteiger partial charge in [0, 0.05) is 19.7 Å². The number of hydrogen-bond acceptors (Lipinski definition) is 4. The van der Waals surface area contributed by atoms with Gasteiger partial charge in [0.15, 0.2) is 5.65 Å². The predicted octanol–water partition coefficient (Wildman–Crippen LogP) is 2.26. The van der Waals surface area contributed by atoms with Crippen molar-refractivity contribution in [1.82, 2.24) is 29.8 Å². The summed E-state index contributed by atoms with van der Waals surface area (Å²) in [5, 5.41) is 19.4. The molecule has 0 bridgehead atoms. The lowest BCUT2D eigenvalue weighted by Crippen LogP contribution is -2.13. The Hall–Kier alpha value is -3.42. The summed E-state index contributed by atoms with van der Waals surface area (Å²) >= 11 is 0. The molecule has 25 heavy (non-hydrogen) atoms. The maximum atomic E-state index is 12.8. The molecule has 2 N–H and O–H groups in total. The molecule has 0 aliphatic heterocycles. The molecule has 8 nitrogen and oxygen atoms in total. The topological polar surface area (TPSA) is 93.4 Å². The van der Waals surface area contributed by atoms with Crippen LogP contribution >= 0.6 is 0 Å². The Morgan fingerprint density at radius 1 is 1.16 bits per heavy atom. The van der Waals surface area contributed by atoms with E-state index >= 15 is 0 Å². The summed E-state index contributed by atoms with van der Waals surface area (Å²) in [6.07, 6.45) is 1.57. The van der Waals surface area contributed by atoms with Gasteiger partial charge in [-0.15, -0.1) is 0 Å². The Morgan fingerprint density at radius 3 is 2.68 bits per heavy atom. The second kappa shape index (κ2) is 5.59. The summed E-state index contributed by atoms with van der Waals surface area (Å²) < 4.78 is 3.37. The van der Waals surface area contributed by atoms with Crippen LogP contribution in [0.3, 0.4) is 0 Å². The van der Waals surface area contributed by atoms with Crippen molar-refractivity contribution < 1.29 is 4.79 Å². The van der Waals surface area contributed by atoms with Crippen molar-refractivity contribution in [3.8, 4) is 11.3 Å². The molecule has 3 heterocycles. The molecule has 0 aliphatic carbocycles. The molecule has 4 rings (SSSR count). The number of benzene rings is 1. The van der Waals surface area contributed by atoms with Crippen LogP contribution in [0.1, 0.15) is 16.1 Å². The highest BCUT2D eigenvalue weighted by Crippen LogP contribution is 2.26. The number of aromatic amines is 1. The predicted molar refractivity (Wildman–Crippen MR) is 94.2 cm³/mol. The molecule has 1 aromatic carbocycles. The summed E-state index contributed by atoms with van der Waals surface area (Å²) in [7, 11) is 3.63. The zero-order valence-electron chi connectivity index (χ0n) is 14.1. The van der Waals surface area contributed by atoms with E-state index in [1.165, 1.54) is 0 Å². The standard InChI is InChI=1S/C17H17N7O/c1-10-13-15(20-21-16(13)24(3)22-10)19-17(25)12-9-18-23(2)14(12)11-7-5-4-6-8-11/h4-9H,1-3H3,(H2,19,20,21,25). The van der Waals surface area contributed by atoms with E-state index in [-0.39, 0.29) is 5.91 Å². The van der Waals surface area contributed by atoms with Crippen LogP contribution in [-0.2, 0) is 14.1 Å². The second-order valence-corrected chi connectivity index (χ2v) is 5.86. The number of carbonyl (C=O) groups is 1. The Morgan fingerprint density at radius 2 is 1.92 bits per heavy atom. The molecule has 0 fully saturated rings. The van der Waals surface area contributed by atoms with Gasteiger partial charge in [-0.25, -0.2) is 4.68 Å².